The smallest absolute Gasteiger partial charge is 0.306 e. The highest BCUT2D eigenvalue weighted by molar-refractivity contribution is 5.70. The average molecular weight is 330 g/mol. The van der Waals surface area contributed by atoms with Gasteiger partial charge < -0.3 is 14.2 Å². The highest BCUT2D eigenvalue weighted by Crippen LogP contribution is 2.14. The van der Waals surface area contributed by atoms with E-state index >= 15 is 0 Å². The van der Waals surface area contributed by atoms with Gasteiger partial charge in [0.25, 0.3) is 0 Å². The van der Waals surface area contributed by atoms with Gasteiger partial charge in [-0.3, -0.25) is 9.59 Å². The van der Waals surface area contributed by atoms with Gasteiger partial charge in [-0.05, 0) is 53.4 Å². The standard InChI is InChI=1S/C18H34O5/c1-13(9-15(19)22-17(3,4)5)11-21-12-14(2)10-16(20)23-18(6,7)8/h13-14H,9-12H2,1-8H3. The molecule has 0 spiro atoms. The summed E-state index contributed by atoms with van der Waals surface area (Å²) in [5.74, 6) is -0.261. The third-order valence-electron chi connectivity index (χ3n) is 2.68. The lowest BCUT2D eigenvalue weighted by atomic mass is 10.1. The molecule has 0 amide bonds. The first-order valence-corrected chi connectivity index (χ1v) is 8.30. The molecule has 0 saturated carbocycles. The molecule has 23 heavy (non-hydrogen) atoms. The maximum absolute atomic E-state index is 11.7. The number of hydrogen-bond donors (Lipinski definition) is 0. The molecule has 0 aromatic heterocycles. The molecular formula is C18H34O5. The van der Waals surface area contributed by atoms with Crippen LogP contribution >= 0.6 is 0 Å². The van der Waals surface area contributed by atoms with E-state index in [0.717, 1.165) is 0 Å². The molecule has 0 aromatic rings. The summed E-state index contributed by atoms with van der Waals surface area (Å²) in [4.78, 5) is 23.4. The molecule has 5 nitrogen and oxygen atoms in total. The van der Waals surface area contributed by atoms with Crippen LogP contribution in [0.4, 0.5) is 0 Å². The largest absolute Gasteiger partial charge is 0.460 e. The molecule has 0 bridgehead atoms. The highest BCUT2D eigenvalue weighted by Gasteiger charge is 2.20. The Morgan fingerprint density at radius 2 is 1.04 bits per heavy atom. The Balaban J connectivity index is 3.92. The van der Waals surface area contributed by atoms with Crippen molar-refractivity contribution in [1.82, 2.24) is 0 Å². The van der Waals surface area contributed by atoms with Crippen LogP contribution in [0.1, 0.15) is 68.2 Å². The monoisotopic (exact) mass is 330 g/mol. The maximum atomic E-state index is 11.7. The molecule has 2 unspecified atom stereocenters. The van der Waals surface area contributed by atoms with Crippen molar-refractivity contribution in [3.63, 3.8) is 0 Å². The van der Waals surface area contributed by atoms with Crippen molar-refractivity contribution in [2.75, 3.05) is 13.2 Å². The summed E-state index contributed by atoms with van der Waals surface area (Å²) in [6.45, 7) is 15.9. The number of rotatable bonds is 8. The summed E-state index contributed by atoms with van der Waals surface area (Å²) in [5.41, 5.74) is -0.917. The highest BCUT2D eigenvalue weighted by atomic mass is 16.6. The van der Waals surface area contributed by atoms with Gasteiger partial charge in [-0.15, -0.1) is 0 Å². The Morgan fingerprint density at radius 3 is 1.30 bits per heavy atom. The lowest BCUT2D eigenvalue weighted by Crippen LogP contribution is -2.26. The molecule has 0 aliphatic carbocycles. The van der Waals surface area contributed by atoms with Crippen LogP contribution in [0.25, 0.3) is 0 Å². The van der Waals surface area contributed by atoms with E-state index in [-0.39, 0.29) is 23.8 Å². The lowest BCUT2D eigenvalue weighted by Gasteiger charge is -2.22. The summed E-state index contributed by atoms with van der Waals surface area (Å²) < 4.78 is 16.2. The minimum atomic E-state index is -0.459. The summed E-state index contributed by atoms with van der Waals surface area (Å²) in [6.07, 6.45) is 0.662. The van der Waals surface area contributed by atoms with Crippen molar-refractivity contribution < 1.29 is 23.8 Å². The van der Waals surface area contributed by atoms with Gasteiger partial charge in [-0.1, -0.05) is 13.8 Å². The minimum absolute atomic E-state index is 0.0820. The van der Waals surface area contributed by atoms with Crippen molar-refractivity contribution in [3.05, 3.63) is 0 Å². The molecule has 136 valence electrons. The van der Waals surface area contributed by atoms with E-state index in [1.54, 1.807) is 0 Å². The topological polar surface area (TPSA) is 61.8 Å². The fourth-order valence-electron chi connectivity index (χ4n) is 1.92. The summed E-state index contributed by atoms with van der Waals surface area (Å²) in [5, 5.41) is 0. The number of carbonyl (C=O) groups is 2. The first-order valence-electron chi connectivity index (χ1n) is 8.30. The first-order chi connectivity index (χ1) is 10.3. The van der Waals surface area contributed by atoms with E-state index in [9.17, 15) is 9.59 Å². The number of hydrogen-bond acceptors (Lipinski definition) is 5. The predicted molar refractivity (Wildman–Crippen MR) is 90.1 cm³/mol. The van der Waals surface area contributed by atoms with Gasteiger partial charge in [0.2, 0.25) is 0 Å². The van der Waals surface area contributed by atoms with Gasteiger partial charge >= 0.3 is 11.9 Å². The second-order valence-electron chi connectivity index (χ2n) is 8.33. The Hall–Kier alpha value is -1.10. The van der Waals surface area contributed by atoms with Crippen LogP contribution in [0.2, 0.25) is 0 Å². The average Bonchev–Trinajstić information content (AvgIpc) is 2.22. The van der Waals surface area contributed by atoms with Crippen molar-refractivity contribution in [1.29, 1.82) is 0 Å². The third kappa shape index (κ3) is 14.2. The Bertz CT molecular complexity index is 340. The fourth-order valence-corrected chi connectivity index (χ4v) is 1.92. The summed E-state index contributed by atoms with van der Waals surface area (Å²) in [6, 6.07) is 0. The van der Waals surface area contributed by atoms with Crippen LogP contribution in [0.3, 0.4) is 0 Å². The second kappa shape index (κ2) is 9.26. The summed E-state index contributed by atoms with van der Waals surface area (Å²) >= 11 is 0. The quantitative estimate of drug-likeness (QED) is 0.634. The van der Waals surface area contributed by atoms with Crippen LogP contribution in [-0.2, 0) is 23.8 Å². The molecule has 2 atom stereocenters. The maximum Gasteiger partial charge on any atom is 0.306 e. The van der Waals surface area contributed by atoms with Crippen molar-refractivity contribution >= 4 is 11.9 Å². The van der Waals surface area contributed by atoms with E-state index in [1.807, 2.05) is 55.4 Å². The van der Waals surface area contributed by atoms with E-state index < -0.39 is 11.2 Å². The molecule has 0 aliphatic heterocycles. The SMILES string of the molecule is CC(COCC(C)CC(=O)OC(C)(C)C)CC(=O)OC(C)(C)C. The molecule has 0 aromatic carbocycles. The Morgan fingerprint density at radius 1 is 0.739 bits per heavy atom. The predicted octanol–water partition coefficient (Wildman–Crippen LogP) is 3.74. The summed E-state index contributed by atoms with van der Waals surface area (Å²) in [7, 11) is 0. The number of esters is 2. The Kier molecular flexibility index (Phi) is 8.82. The van der Waals surface area contributed by atoms with Crippen LogP contribution < -0.4 is 0 Å². The van der Waals surface area contributed by atoms with Gasteiger partial charge in [0.05, 0.1) is 12.8 Å². The molecule has 0 aliphatic rings. The fraction of sp³-hybridized carbons (Fsp3) is 0.889. The Labute approximate surface area is 141 Å². The second-order valence-corrected chi connectivity index (χ2v) is 8.33. The zero-order chi connectivity index (χ0) is 18.3. The van der Waals surface area contributed by atoms with Crippen molar-refractivity contribution in [2.24, 2.45) is 11.8 Å². The minimum Gasteiger partial charge on any atom is -0.460 e. The molecular weight excluding hydrogens is 296 g/mol. The van der Waals surface area contributed by atoms with Gasteiger partial charge in [-0.2, -0.15) is 0 Å². The molecule has 0 fully saturated rings. The van der Waals surface area contributed by atoms with E-state index in [1.165, 1.54) is 0 Å². The van der Waals surface area contributed by atoms with Gasteiger partial charge in [0.15, 0.2) is 0 Å². The molecule has 0 saturated heterocycles. The molecule has 0 radical (unpaired) electrons. The van der Waals surface area contributed by atoms with E-state index in [0.29, 0.717) is 26.1 Å². The zero-order valence-electron chi connectivity index (χ0n) is 16.0. The van der Waals surface area contributed by atoms with Crippen LogP contribution in [0, 0.1) is 11.8 Å². The molecule has 0 rings (SSSR count). The van der Waals surface area contributed by atoms with Gasteiger partial charge in [0, 0.05) is 13.2 Å². The molecule has 0 N–H and O–H groups in total. The van der Waals surface area contributed by atoms with Gasteiger partial charge in [-0.25, -0.2) is 0 Å². The van der Waals surface area contributed by atoms with Gasteiger partial charge in [0.1, 0.15) is 11.2 Å². The van der Waals surface area contributed by atoms with Crippen LogP contribution in [0.5, 0.6) is 0 Å². The van der Waals surface area contributed by atoms with E-state index in [2.05, 4.69) is 0 Å². The molecule has 5 heteroatoms. The van der Waals surface area contributed by atoms with Crippen LogP contribution in [-0.4, -0.2) is 36.4 Å². The lowest BCUT2D eigenvalue weighted by molar-refractivity contribution is -0.156. The first kappa shape index (κ1) is 21.9. The van der Waals surface area contributed by atoms with Crippen molar-refractivity contribution in [2.45, 2.75) is 79.4 Å². The molecule has 0 heterocycles. The number of carbonyl (C=O) groups excluding carboxylic acids is 2. The van der Waals surface area contributed by atoms with Crippen LogP contribution in [0.15, 0.2) is 0 Å². The normalized spacial score (nSPS) is 15.0. The van der Waals surface area contributed by atoms with E-state index in [4.69, 9.17) is 14.2 Å². The third-order valence-corrected chi connectivity index (χ3v) is 2.68. The number of ether oxygens (including phenoxy) is 3. The van der Waals surface area contributed by atoms with Crippen molar-refractivity contribution in [3.8, 4) is 0 Å². The zero-order valence-corrected chi connectivity index (χ0v) is 16.0.